The van der Waals surface area contributed by atoms with E-state index in [1.165, 1.54) is 0 Å². The first-order chi connectivity index (χ1) is 18.5. The Hall–Kier alpha value is -3.46. The first-order valence-corrected chi connectivity index (χ1v) is 13.5. The number of unbranched alkanes of at least 4 members (excludes halogenated alkanes) is 2. The molecule has 3 heterocycles. The summed E-state index contributed by atoms with van der Waals surface area (Å²) in [5.74, 6) is 0.517. The van der Waals surface area contributed by atoms with Gasteiger partial charge in [-0.15, -0.1) is 0 Å². The summed E-state index contributed by atoms with van der Waals surface area (Å²) in [7, 11) is 0. The van der Waals surface area contributed by atoms with Crippen molar-refractivity contribution in [1.82, 2.24) is 9.80 Å². The van der Waals surface area contributed by atoms with Gasteiger partial charge in [-0.05, 0) is 48.2 Å². The number of carboxylic acids is 1. The fourth-order valence-electron chi connectivity index (χ4n) is 5.70. The minimum atomic E-state index is -0.904. The molecule has 1 unspecified atom stereocenters. The van der Waals surface area contributed by atoms with E-state index in [1.54, 1.807) is 0 Å². The van der Waals surface area contributed by atoms with Crippen LogP contribution in [0.3, 0.4) is 0 Å². The van der Waals surface area contributed by atoms with Crippen LogP contribution in [0.2, 0.25) is 0 Å². The highest BCUT2D eigenvalue weighted by atomic mass is 16.7. The molecule has 9 nitrogen and oxygen atoms in total. The van der Waals surface area contributed by atoms with Crippen LogP contribution in [0.15, 0.2) is 36.4 Å². The van der Waals surface area contributed by atoms with E-state index in [9.17, 15) is 14.7 Å². The third-order valence-electron chi connectivity index (χ3n) is 7.70. The van der Waals surface area contributed by atoms with Gasteiger partial charge >= 0.3 is 5.97 Å². The number of rotatable bonds is 11. The molecule has 3 atom stereocenters. The van der Waals surface area contributed by atoms with Crippen molar-refractivity contribution in [2.75, 3.05) is 39.8 Å². The van der Waals surface area contributed by atoms with Gasteiger partial charge in [-0.3, -0.25) is 14.5 Å². The van der Waals surface area contributed by atoms with Crippen LogP contribution in [-0.4, -0.2) is 66.5 Å². The standard InChI is InChI=1S/C29H36N2O7/c1-3-5-11-30(12-6-4-2)26(32)16-31-15-21(19-7-9-22-24(13-19)37-17-35-22)27(29(33)34)28(31)20-8-10-23-25(14-20)38-18-36-23/h7-10,13-14,21,27-28H,3-6,11-12,15-18H2,1-2H3,(H,33,34)/t21?,27-,28+/m0/s1. The Kier molecular flexibility index (Phi) is 7.93. The molecule has 1 fully saturated rings. The zero-order valence-corrected chi connectivity index (χ0v) is 22.1. The number of carboxylic acid groups (broad SMARTS) is 1. The summed E-state index contributed by atoms with van der Waals surface area (Å²) >= 11 is 0. The van der Waals surface area contributed by atoms with E-state index >= 15 is 0 Å². The number of carbonyl (C=O) groups excluding carboxylic acids is 1. The van der Waals surface area contributed by atoms with Gasteiger partial charge in [-0.25, -0.2) is 0 Å². The predicted octanol–water partition coefficient (Wildman–Crippen LogP) is 4.41. The van der Waals surface area contributed by atoms with Crippen LogP contribution >= 0.6 is 0 Å². The molecular formula is C29H36N2O7. The highest BCUT2D eigenvalue weighted by Crippen LogP contribution is 2.49. The van der Waals surface area contributed by atoms with Gasteiger partial charge in [0.1, 0.15) is 0 Å². The number of nitrogens with zero attached hydrogens (tertiary/aromatic N) is 2. The smallest absolute Gasteiger partial charge is 0.309 e. The van der Waals surface area contributed by atoms with Gasteiger partial charge in [0.15, 0.2) is 23.0 Å². The minimum Gasteiger partial charge on any atom is -0.481 e. The average Bonchev–Trinajstić information content (AvgIpc) is 3.65. The summed E-state index contributed by atoms with van der Waals surface area (Å²) in [5, 5.41) is 10.5. The first kappa shape index (κ1) is 26.2. The van der Waals surface area contributed by atoms with Gasteiger partial charge in [-0.1, -0.05) is 38.8 Å². The molecule has 0 saturated carbocycles. The van der Waals surface area contributed by atoms with Crippen molar-refractivity contribution in [2.45, 2.75) is 51.5 Å². The van der Waals surface area contributed by atoms with Crippen molar-refractivity contribution in [3.05, 3.63) is 47.5 Å². The van der Waals surface area contributed by atoms with Gasteiger partial charge < -0.3 is 29.0 Å². The molecule has 2 aromatic rings. The van der Waals surface area contributed by atoms with E-state index in [-0.39, 0.29) is 32.0 Å². The van der Waals surface area contributed by atoms with Crippen LogP contribution in [0.1, 0.15) is 62.6 Å². The van der Waals surface area contributed by atoms with Crippen LogP contribution in [0.4, 0.5) is 0 Å². The van der Waals surface area contributed by atoms with E-state index in [0.29, 0.717) is 42.6 Å². The van der Waals surface area contributed by atoms with Crippen molar-refractivity contribution in [3.8, 4) is 23.0 Å². The molecule has 2 aromatic carbocycles. The molecule has 204 valence electrons. The topological polar surface area (TPSA) is 97.8 Å². The van der Waals surface area contributed by atoms with Crippen LogP contribution in [0.25, 0.3) is 0 Å². The average molecular weight is 525 g/mol. The molecule has 3 aliphatic rings. The maximum atomic E-state index is 13.6. The zero-order chi connectivity index (χ0) is 26.6. The molecule has 3 aliphatic heterocycles. The molecule has 0 radical (unpaired) electrons. The number of fused-ring (bicyclic) bond motifs is 2. The fourth-order valence-corrected chi connectivity index (χ4v) is 5.70. The number of carbonyl (C=O) groups is 2. The highest BCUT2D eigenvalue weighted by molar-refractivity contribution is 5.79. The summed E-state index contributed by atoms with van der Waals surface area (Å²) in [4.78, 5) is 30.4. The van der Waals surface area contributed by atoms with E-state index in [1.807, 2.05) is 46.2 Å². The summed E-state index contributed by atoms with van der Waals surface area (Å²) < 4.78 is 22.1. The third-order valence-corrected chi connectivity index (χ3v) is 7.70. The molecule has 0 spiro atoms. The largest absolute Gasteiger partial charge is 0.481 e. The van der Waals surface area contributed by atoms with Crippen LogP contribution in [0.5, 0.6) is 23.0 Å². The predicted molar refractivity (Wildman–Crippen MR) is 140 cm³/mol. The number of likely N-dealkylation sites (tertiary alicyclic amines) is 1. The summed E-state index contributed by atoms with van der Waals surface area (Å²) in [6.45, 7) is 6.53. The van der Waals surface area contributed by atoms with Gasteiger partial charge in [0, 0.05) is 31.6 Å². The SMILES string of the molecule is CCCCN(CCCC)C(=O)CN1CC(c2ccc3c(c2)OCO3)[C@H](C(=O)O)[C@H]1c1ccc2c(c1)OCO2. The molecule has 1 amide bonds. The molecule has 1 saturated heterocycles. The lowest BCUT2D eigenvalue weighted by Gasteiger charge is -2.30. The Morgan fingerprint density at radius 3 is 2.00 bits per heavy atom. The normalized spacial score (nSPS) is 21.6. The lowest BCUT2D eigenvalue weighted by Crippen LogP contribution is -2.42. The molecule has 0 aliphatic carbocycles. The number of amides is 1. The molecule has 5 rings (SSSR count). The second-order valence-corrected chi connectivity index (χ2v) is 10.2. The maximum Gasteiger partial charge on any atom is 0.309 e. The lowest BCUT2D eigenvalue weighted by molar-refractivity contribution is -0.144. The van der Waals surface area contributed by atoms with Crippen LogP contribution in [0, 0.1) is 5.92 Å². The third kappa shape index (κ3) is 5.25. The Balaban J connectivity index is 1.49. The minimum absolute atomic E-state index is 0.0353. The first-order valence-electron chi connectivity index (χ1n) is 13.5. The molecule has 1 N–H and O–H groups in total. The zero-order valence-electron chi connectivity index (χ0n) is 22.1. The number of hydrogen-bond acceptors (Lipinski definition) is 7. The Morgan fingerprint density at radius 1 is 0.868 bits per heavy atom. The van der Waals surface area contributed by atoms with Crippen molar-refractivity contribution < 1.29 is 33.6 Å². The van der Waals surface area contributed by atoms with E-state index in [4.69, 9.17) is 18.9 Å². The summed E-state index contributed by atoms with van der Waals surface area (Å²) in [5.41, 5.74) is 1.66. The van der Waals surface area contributed by atoms with Gasteiger partial charge in [-0.2, -0.15) is 0 Å². The lowest BCUT2D eigenvalue weighted by atomic mass is 9.82. The van der Waals surface area contributed by atoms with E-state index in [0.717, 1.165) is 36.8 Å². The molecule has 9 heteroatoms. The maximum absolute atomic E-state index is 13.6. The van der Waals surface area contributed by atoms with Gasteiger partial charge in [0.2, 0.25) is 19.5 Å². The number of hydrogen-bond donors (Lipinski definition) is 1. The molecule has 38 heavy (non-hydrogen) atoms. The molecule has 0 bridgehead atoms. The Bertz CT molecular complexity index is 1160. The second kappa shape index (κ2) is 11.5. The second-order valence-electron chi connectivity index (χ2n) is 10.2. The van der Waals surface area contributed by atoms with E-state index < -0.39 is 17.9 Å². The van der Waals surface area contributed by atoms with Crippen molar-refractivity contribution in [1.29, 1.82) is 0 Å². The number of ether oxygens (including phenoxy) is 4. The summed E-state index contributed by atoms with van der Waals surface area (Å²) in [6, 6.07) is 10.7. The highest BCUT2D eigenvalue weighted by Gasteiger charge is 2.48. The molecule has 0 aromatic heterocycles. The van der Waals surface area contributed by atoms with Crippen molar-refractivity contribution in [2.24, 2.45) is 5.92 Å². The van der Waals surface area contributed by atoms with Crippen molar-refractivity contribution >= 4 is 11.9 Å². The van der Waals surface area contributed by atoms with Crippen LogP contribution in [-0.2, 0) is 9.59 Å². The monoisotopic (exact) mass is 524 g/mol. The summed E-state index contributed by atoms with van der Waals surface area (Å²) in [6.07, 6.45) is 3.90. The Labute approximate surface area is 223 Å². The van der Waals surface area contributed by atoms with Gasteiger partial charge in [0.05, 0.1) is 12.5 Å². The van der Waals surface area contributed by atoms with E-state index in [2.05, 4.69) is 13.8 Å². The quantitative estimate of drug-likeness (QED) is 0.462. The van der Waals surface area contributed by atoms with Gasteiger partial charge in [0.25, 0.3) is 0 Å². The van der Waals surface area contributed by atoms with Crippen molar-refractivity contribution in [3.63, 3.8) is 0 Å². The Morgan fingerprint density at radius 2 is 1.42 bits per heavy atom. The molecular weight excluding hydrogens is 488 g/mol. The number of aliphatic carboxylic acids is 1. The number of benzene rings is 2. The van der Waals surface area contributed by atoms with Crippen LogP contribution < -0.4 is 18.9 Å². The fraction of sp³-hybridized carbons (Fsp3) is 0.517.